The predicted octanol–water partition coefficient (Wildman–Crippen LogP) is 5.64. The van der Waals surface area contributed by atoms with Crippen LogP contribution in [0.1, 0.15) is 27.0 Å². The summed E-state index contributed by atoms with van der Waals surface area (Å²) in [5.41, 5.74) is -5.17. The van der Waals surface area contributed by atoms with E-state index in [9.17, 15) is 39.9 Å². The number of rotatable bonds is 5. The van der Waals surface area contributed by atoms with Gasteiger partial charge in [0, 0.05) is 17.3 Å². The molecule has 0 aliphatic carbocycles. The highest BCUT2D eigenvalue weighted by atomic mass is 19.4. The number of benzene rings is 2. The lowest BCUT2D eigenvalue weighted by molar-refractivity contribution is -0.142. The SMILES string of the molecule is O=C(NCC(F)(F)c1ccc(-c2cn[nH]c2)cc1C(F)(F)F)c1ccccc1C(F)(F)F. The van der Waals surface area contributed by atoms with Gasteiger partial charge in [-0.05, 0) is 23.8 Å². The van der Waals surface area contributed by atoms with Crippen molar-refractivity contribution in [3.05, 3.63) is 77.1 Å². The van der Waals surface area contributed by atoms with E-state index >= 15 is 0 Å². The van der Waals surface area contributed by atoms with Crippen molar-refractivity contribution in [1.82, 2.24) is 15.5 Å². The maximum atomic E-state index is 14.7. The topological polar surface area (TPSA) is 57.8 Å². The van der Waals surface area contributed by atoms with Gasteiger partial charge in [-0.1, -0.05) is 24.3 Å². The maximum absolute atomic E-state index is 14.7. The first-order chi connectivity index (χ1) is 14.8. The van der Waals surface area contributed by atoms with Crippen LogP contribution in [0.25, 0.3) is 11.1 Å². The Bertz CT molecular complexity index is 1100. The van der Waals surface area contributed by atoms with E-state index in [0.29, 0.717) is 18.2 Å². The number of nitrogens with one attached hydrogen (secondary N) is 2. The van der Waals surface area contributed by atoms with Crippen LogP contribution in [0.3, 0.4) is 0 Å². The zero-order valence-electron chi connectivity index (χ0n) is 15.8. The van der Waals surface area contributed by atoms with Gasteiger partial charge in [0.25, 0.3) is 11.8 Å². The molecule has 0 unspecified atom stereocenters. The number of aromatic amines is 1. The minimum absolute atomic E-state index is 0.0336. The monoisotopic (exact) mass is 463 g/mol. The number of halogens is 8. The highest BCUT2D eigenvalue weighted by Gasteiger charge is 2.43. The Balaban J connectivity index is 1.90. The number of carbonyl (C=O) groups excluding carboxylic acids is 1. The molecule has 3 rings (SSSR count). The largest absolute Gasteiger partial charge is 0.417 e. The lowest BCUT2D eigenvalue weighted by Gasteiger charge is -2.23. The van der Waals surface area contributed by atoms with Gasteiger partial charge < -0.3 is 5.32 Å². The van der Waals surface area contributed by atoms with Crippen LogP contribution in [0.4, 0.5) is 35.1 Å². The molecule has 2 aromatic carbocycles. The van der Waals surface area contributed by atoms with Crippen LogP contribution in [-0.2, 0) is 18.3 Å². The van der Waals surface area contributed by atoms with Gasteiger partial charge in [0.15, 0.2) is 0 Å². The molecule has 1 heterocycles. The molecule has 0 atom stereocenters. The van der Waals surface area contributed by atoms with E-state index in [-0.39, 0.29) is 11.1 Å². The smallest absolute Gasteiger partial charge is 0.346 e. The number of hydrogen-bond donors (Lipinski definition) is 2. The molecular formula is C20H13F8N3O. The summed E-state index contributed by atoms with van der Waals surface area (Å²) < 4.78 is 109. The Labute approximate surface area is 175 Å². The average Bonchev–Trinajstić information content (AvgIpc) is 3.25. The number of amides is 1. The minimum Gasteiger partial charge on any atom is -0.346 e. The first-order valence-electron chi connectivity index (χ1n) is 8.84. The van der Waals surface area contributed by atoms with Crippen molar-refractivity contribution in [3.8, 4) is 11.1 Å². The molecule has 0 spiro atoms. The van der Waals surface area contributed by atoms with Crippen LogP contribution >= 0.6 is 0 Å². The van der Waals surface area contributed by atoms with E-state index in [1.54, 1.807) is 5.32 Å². The Morgan fingerprint density at radius 3 is 2.09 bits per heavy atom. The number of alkyl halides is 8. The van der Waals surface area contributed by atoms with E-state index in [2.05, 4.69) is 10.2 Å². The van der Waals surface area contributed by atoms with E-state index in [0.717, 1.165) is 24.3 Å². The summed E-state index contributed by atoms with van der Waals surface area (Å²) in [7, 11) is 0. The molecule has 1 amide bonds. The molecule has 32 heavy (non-hydrogen) atoms. The van der Waals surface area contributed by atoms with Crippen molar-refractivity contribution in [2.75, 3.05) is 6.54 Å². The number of hydrogen-bond acceptors (Lipinski definition) is 2. The van der Waals surface area contributed by atoms with Crippen LogP contribution in [0.5, 0.6) is 0 Å². The fourth-order valence-electron chi connectivity index (χ4n) is 3.00. The number of carbonyl (C=O) groups is 1. The summed E-state index contributed by atoms with van der Waals surface area (Å²) in [6, 6.07) is 5.55. The third-order valence-electron chi connectivity index (χ3n) is 4.50. The van der Waals surface area contributed by atoms with Crippen molar-refractivity contribution < 1.29 is 39.9 Å². The van der Waals surface area contributed by atoms with E-state index in [1.807, 2.05) is 0 Å². The molecule has 12 heteroatoms. The maximum Gasteiger partial charge on any atom is 0.417 e. The van der Waals surface area contributed by atoms with Crippen molar-refractivity contribution in [3.63, 3.8) is 0 Å². The van der Waals surface area contributed by atoms with Crippen molar-refractivity contribution >= 4 is 5.91 Å². The summed E-state index contributed by atoms with van der Waals surface area (Å²) in [5.74, 6) is -5.73. The highest BCUT2D eigenvalue weighted by Crippen LogP contribution is 2.41. The van der Waals surface area contributed by atoms with Gasteiger partial charge in [-0.3, -0.25) is 9.89 Å². The van der Waals surface area contributed by atoms with Gasteiger partial charge in [0.05, 0.1) is 29.4 Å². The fourth-order valence-corrected chi connectivity index (χ4v) is 3.00. The van der Waals surface area contributed by atoms with Crippen LogP contribution in [0.2, 0.25) is 0 Å². The highest BCUT2D eigenvalue weighted by molar-refractivity contribution is 5.95. The van der Waals surface area contributed by atoms with Gasteiger partial charge in [-0.25, -0.2) is 0 Å². The molecule has 0 radical (unpaired) electrons. The fraction of sp³-hybridized carbons (Fsp3) is 0.200. The molecule has 4 nitrogen and oxygen atoms in total. The number of nitrogens with zero attached hydrogens (tertiary/aromatic N) is 1. The van der Waals surface area contributed by atoms with Crippen molar-refractivity contribution in [1.29, 1.82) is 0 Å². The lowest BCUT2D eigenvalue weighted by atomic mass is 9.96. The lowest BCUT2D eigenvalue weighted by Crippen LogP contribution is -2.37. The zero-order valence-corrected chi connectivity index (χ0v) is 15.8. The summed E-state index contributed by atoms with van der Waals surface area (Å²) in [6.07, 6.45) is -7.62. The van der Waals surface area contributed by atoms with Crippen LogP contribution < -0.4 is 5.32 Å². The standard InChI is InChI=1S/C20H13F8N3O/c21-18(22,10-29-17(32)13-3-1-2-4-14(13)19(23,24)25)15-6-5-11(12-8-30-31-9-12)7-16(15)20(26,27)28/h1-9H,10H2,(H,29,32)(H,30,31). The molecule has 3 aromatic rings. The second kappa shape index (κ2) is 8.24. The molecule has 170 valence electrons. The minimum atomic E-state index is -5.16. The van der Waals surface area contributed by atoms with Crippen LogP contribution in [-0.4, -0.2) is 22.6 Å². The van der Waals surface area contributed by atoms with E-state index in [4.69, 9.17) is 0 Å². The van der Waals surface area contributed by atoms with Gasteiger partial charge in [-0.2, -0.15) is 40.2 Å². The summed E-state index contributed by atoms with van der Waals surface area (Å²) in [5, 5.41) is 7.57. The van der Waals surface area contributed by atoms with Gasteiger partial charge >= 0.3 is 12.4 Å². The molecule has 2 N–H and O–H groups in total. The Morgan fingerprint density at radius 1 is 0.844 bits per heavy atom. The quantitative estimate of drug-likeness (QED) is 0.482. The third-order valence-corrected chi connectivity index (χ3v) is 4.50. The number of aromatic nitrogens is 2. The second-order valence-electron chi connectivity index (χ2n) is 6.68. The molecule has 0 saturated carbocycles. The van der Waals surface area contributed by atoms with Crippen LogP contribution in [0.15, 0.2) is 54.9 Å². The summed E-state index contributed by atoms with van der Waals surface area (Å²) >= 11 is 0. The summed E-state index contributed by atoms with van der Waals surface area (Å²) in [6.45, 7) is -1.65. The normalized spacial score (nSPS) is 12.6. The Morgan fingerprint density at radius 2 is 1.50 bits per heavy atom. The van der Waals surface area contributed by atoms with Gasteiger partial charge in [-0.15, -0.1) is 0 Å². The third kappa shape index (κ3) is 4.89. The Hall–Kier alpha value is -3.44. The molecule has 0 bridgehead atoms. The van der Waals surface area contributed by atoms with Crippen molar-refractivity contribution in [2.24, 2.45) is 0 Å². The number of H-pyrrole nitrogens is 1. The van der Waals surface area contributed by atoms with Crippen LogP contribution in [0, 0.1) is 0 Å². The molecule has 0 aliphatic heterocycles. The first-order valence-corrected chi connectivity index (χ1v) is 8.84. The Kier molecular flexibility index (Phi) is 5.98. The molecule has 0 saturated heterocycles. The molecular weight excluding hydrogens is 450 g/mol. The average molecular weight is 463 g/mol. The zero-order chi connectivity index (χ0) is 23.7. The van der Waals surface area contributed by atoms with Gasteiger partial charge in [0.2, 0.25) is 0 Å². The van der Waals surface area contributed by atoms with Crippen molar-refractivity contribution in [2.45, 2.75) is 18.3 Å². The molecule has 1 aromatic heterocycles. The first kappa shape index (κ1) is 23.2. The summed E-state index contributed by atoms with van der Waals surface area (Å²) in [4.78, 5) is 12.1. The molecule has 0 aliphatic rings. The molecule has 0 fully saturated rings. The van der Waals surface area contributed by atoms with E-state index < -0.39 is 53.0 Å². The van der Waals surface area contributed by atoms with Gasteiger partial charge in [0.1, 0.15) is 0 Å². The second-order valence-corrected chi connectivity index (χ2v) is 6.68. The predicted molar refractivity (Wildman–Crippen MR) is 96.7 cm³/mol. The van der Waals surface area contributed by atoms with E-state index in [1.165, 1.54) is 12.4 Å².